The van der Waals surface area contributed by atoms with Crippen molar-refractivity contribution in [3.63, 3.8) is 0 Å². The summed E-state index contributed by atoms with van der Waals surface area (Å²) in [5.74, 6) is 0.450. The summed E-state index contributed by atoms with van der Waals surface area (Å²) in [4.78, 5) is 33.0. The number of rotatable bonds is 6. The summed E-state index contributed by atoms with van der Waals surface area (Å²) in [6.45, 7) is 8.98. The third-order valence-corrected chi connectivity index (χ3v) is 5.55. The molecule has 2 heterocycles. The number of nitrogens with zero attached hydrogens (tertiary/aromatic N) is 3. The largest absolute Gasteiger partial charge is 0.343 e. The second-order valence-corrected chi connectivity index (χ2v) is 6.87. The van der Waals surface area contributed by atoms with Crippen molar-refractivity contribution >= 4 is 23.2 Å². The molecule has 6 heteroatoms. The second-order valence-electron chi connectivity index (χ2n) is 5.93. The molecule has 1 aliphatic heterocycles. The molecular weight excluding hydrogens is 310 g/mol. The quantitative estimate of drug-likeness (QED) is 0.801. The zero-order valence-corrected chi connectivity index (χ0v) is 15.2. The van der Waals surface area contributed by atoms with Gasteiger partial charge >= 0.3 is 0 Å². The highest BCUT2D eigenvalue weighted by molar-refractivity contribution is 7.09. The van der Waals surface area contributed by atoms with E-state index in [1.807, 2.05) is 29.0 Å². The highest BCUT2D eigenvalue weighted by Crippen LogP contribution is 2.21. The van der Waals surface area contributed by atoms with Crippen LogP contribution >= 0.6 is 11.3 Å². The molecule has 2 rings (SSSR count). The number of carbonyl (C=O) groups is 2. The number of hydrogen-bond donors (Lipinski definition) is 0. The van der Waals surface area contributed by atoms with Crippen LogP contribution in [0.15, 0.2) is 5.38 Å². The molecule has 0 radical (unpaired) electrons. The predicted octanol–water partition coefficient (Wildman–Crippen LogP) is 2.36. The fourth-order valence-electron chi connectivity index (χ4n) is 3.03. The van der Waals surface area contributed by atoms with Crippen LogP contribution in [0.4, 0.5) is 0 Å². The molecule has 0 atom stereocenters. The fraction of sp³-hybridized carbons (Fsp3) is 0.706. The predicted molar refractivity (Wildman–Crippen MR) is 92.4 cm³/mol. The smallest absolute Gasteiger partial charge is 0.228 e. The van der Waals surface area contributed by atoms with Crippen molar-refractivity contribution in [2.75, 3.05) is 26.2 Å². The maximum Gasteiger partial charge on any atom is 0.228 e. The SMILES string of the molecule is CCc1nc(CC(=O)N2CCC(C(=O)N(CC)CC)CC2)cs1. The molecule has 0 N–H and O–H groups in total. The Labute approximate surface area is 142 Å². The summed E-state index contributed by atoms with van der Waals surface area (Å²) in [5, 5.41) is 3.06. The van der Waals surface area contributed by atoms with Gasteiger partial charge in [-0.2, -0.15) is 0 Å². The Morgan fingerprint density at radius 3 is 2.43 bits per heavy atom. The van der Waals surface area contributed by atoms with Crippen LogP contribution < -0.4 is 0 Å². The Morgan fingerprint density at radius 2 is 1.91 bits per heavy atom. The number of piperidine rings is 1. The second kappa shape index (κ2) is 8.43. The van der Waals surface area contributed by atoms with Crippen molar-refractivity contribution < 1.29 is 9.59 Å². The minimum Gasteiger partial charge on any atom is -0.343 e. The summed E-state index contributed by atoms with van der Waals surface area (Å²) in [7, 11) is 0. The topological polar surface area (TPSA) is 53.5 Å². The highest BCUT2D eigenvalue weighted by atomic mass is 32.1. The van der Waals surface area contributed by atoms with Crippen molar-refractivity contribution in [2.45, 2.75) is 46.5 Å². The van der Waals surface area contributed by atoms with Crippen LogP contribution in [-0.2, 0) is 22.4 Å². The van der Waals surface area contributed by atoms with E-state index in [-0.39, 0.29) is 17.7 Å². The van der Waals surface area contributed by atoms with Gasteiger partial charge in [0.2, 0.25) is 11.8 Å². The normalized spacial score (nSPS) is 15.7. The molecule has 1 aromatic rings. The van der Waals surface area contributed by atoms with Gasteiger partial charge in [0.1, 0.15) is 0 Å². The lowest BCUT2D eigenvalue weighted by atomic mass is 9.95. The van der Waals surface area contributed by atoms with Gasteiger partial charge < -0.3 is 9.80 Å². The zero-order valence-electron chi connectivity index (χ0n) is 14.4. The minimum atomic E-state index is 0.0740. The van der Waals surface area contributed by atoms with Crippen LogP contribution in [0.3, 0.4) is 0 Å². The highest BCUT2D eigenvalue weighted by Gasteiger charge is 2.29. The number of aryl methyl sites for hydroxylation is 1. The van der Waals surface area contributed by atoms with E-state index in [2.05, 4.69) is 11.9 Å². The maximum absolute atomic E-state index is 12.4. The van der Waals surface area contributed by atoms with Crippen LogP contribution in [0.2, 0.25) is 0 Å². The third kappa shape index (κ3) is 4.53. The van der Waals surface area contributed by atoms with Crippen LogP contribution in [0.5, 0.6) is 0 Å². The van der Waals surface area contributed by atoms with Gasteiger partial charge in [0.05, 0.1) is 17.1 Å². The average molecular weight is 337 g/mol. The molecule has 1 saturated heterocycles. The van der Waals surface area contributed by atoms with Gasteiger partial charge in [0.15, 0.2) is 0 Å². The van der Waals surface area contributed by atoms with Crippen molar-refractivity contribution in [3.05, 3.63) is 16.1 Å². The Bertz CT molecular complexity index is 532. The number of carbonyl (C=O) groups excluding carboxylic acids is 2. The van der Waals surface area contributed by atoms with Gasteiger partial charge in [-0.05, 0) is 33.1 Å². The Morgan fingerprint density at radius 1 is 1.26 bits per heavy atom. The number of aromatic nitrogens is 1. The molecule has 0 aliphatic carbocycles. The van der Waals surface area contributed by atoms with Crippen molar-refractivity contribution in [3.8, 4) is 0 Å². The van der Waals surface area contributed by atoms with E-state index in [1.54, 1.807) is 11.3 Å². The third-order valence-electron chi connectivity index (χ3n) is 4.51. The fourth-order valence-corrected chi connectivity index (χ4v) is 3.77. The first-order valence-corrected chi connectivity index (χ1v) is 9.46. The van der Waals surface area contributed by atoms with E-state index in [0.717, 1.165) is 43.1 Å². The van der Waals surface area contributed by atoms with E-state index < -0.39 is 0 Å². The molecule has 0 bridgehead atoms. The van der Waals surface area contributed by atoms with Crippen LogP contribution in [-0.4, -0.2) is 52.8 Å². The van der Waals surface area contributed by atoms with Gasteiger partial charge in [-0.25, -0.2) is 4.98 Å². The monoisotopic (exact) mass is 337 g/mol. The van der Waals surface area contributed by atoms with Crippen LogP contribution in [0.25, 0.3) is 0 Å². The minimum absolute atomic E-state index is 0.0740. The summed E-state index contributed by atoms with van der Waals surface area (Å²) >= 11 is 1.62. The standard InChI is InChI=1S/C17H27N3O2S/c1-4-15-18-14(12-23-15)11-16(21)20-9-7-13(8-10-20)17(22)19(5-2)6-3/h12-13H,4-11H2,1-3H3. The van der Waals surface area contributed by atoms with Gasteiger partial charge in [0, 0.05) is 37.5 Å². The Hall–Kier alpha value is -1.43. The van der Waals surface area contributed by atoms with E-state index in [4.69, 9.17) is 0 Å². The van der Waals surface area contributed by atoms with E-state index in [0.29, 0.717) is 19.5 Å². The van der Waals surface area contributed by atoms with Crippen LogP contribution in [0, 0.1) is 5.92 Å². The number of likely N-dealkylation sites (tertiary alicyclic amines) is 1. The van der Waals surface area contributed by atoms with Crippen molar-refractivity contribution in [1.29, 1.82) is 0 Å². The Kier molecular flexibility index (Phi) is 6.57. The molecular formula is C17H27N3O2S. The first kappa shape index (κ1) is 17.9. The average Bonchev–Trinajstić information content (AvgIpc) is 3.03. The molecule has 0 unspecified atom stereocenters. The first-order valence-electron chi connectivity index (χ1n) is 8.58. The molecule has 2 amide bonds. The molecule has 0 aromatic carbocycles. The van der Waals surface area contributed by atoms with Gasteiger partial charge in [-0.1, -0.05) is 6.92 Å². The van der Waals surface area contributed by atoms with E-state index in [1.165, 1.54) is 0 Å². The summed E-state index contributed by atoms with van der Waals surface area (Å²) in [6, 6.07) is 0. The lowest BCUT2D eigenvalue weighted by Gasteiger charge is -2.33. The van der Waals surface area contributed by atoms with Gasteiger partial charge in [-0.15, -0.1) is 11.3 Å². The Balaban J connectivity index is 1.83. The molecule has 1 fully saturated rings. The number of amides is 2. The summed E-state index contributed by atoms with van der Waals surface area (Å²) in [6.07, 6.45) is 2.85. The molecule has 1 aromatic heterocycles. The van der Waals surface area contributed by atoms with Crippen molar-refractivity contribution in [1.82, 2.24) is 14.8 Å². The lowest BCUT2D eigenvalue weighted by molar-refractivity contribution is -0.140. The molecule has 0 spiro atoms. The summed E-state index contributed by atoms with van der Waals surface area (Å²) in [5.41, 5.74) is 0.873. The van der Waals surface area contributed by atoms with Gasteiger partial charge in [0.25, 0.3) is 0 Å². The molecule has 1 aliphatic rings. The molecule has 0 saturated carbocycles. The van der Waals surface area contributed by atoms with Crippen LogP contribution in [0.1, 0.15) is 44.3 Å². The maximum atomic E-state index is 12.4. The number of thiazole rings is 1. The number of hydrogen-bond acceptors (Lipinski definition) is 4. The van der Waals surface area contributed by atoms with E-state index >= 15 is 0 Å². The first-order chi connectivity index (χ1) is 11.1. The van der Waals surface area contributed by atoms with Crippen molar-refractivity contribution in [2.24, 2.45) is 5.92 Å². The lowest BCUT2D eigenvalue weighted by Crippen LogP contribution is -2.44. The molecule has 128 valence electrons. The van der Waals surface area contributed by atoms with Gasteiger partial charge in [-0.3, -0.25) is 9.59 Å². The zero-order chi connectivity index (χ0) is 16.8. The molecule has 23 heavy (non-hydrogen) atoms. The molecule has 5 nitrogen and oxygen atoms in total. The summed E-state index contributed by atoms with van der Waals surface area (Å²) < 4.78 is 0. The van der Waals surface area contributed by atoms with E-state index in [9.17, 15) is 9.59 Å².